The normalized spacial score (nSPS) is 16.9. The molecule has 2 heterocycles. The fourth-order valence-electron chi connectivity index (χ4n) is 3.37. The zero-order chi connectivity index (χ0) is 21.7. The Hall–Kier alpha value is -2.10. The van der Waals surface area contributed by atoms with Crippen molar-refractivity contribution in [1.29, 1.82) is 0 Å². The lowest BCUT2D eigenvalue weighted by Gasteiger charge is -2.35. The van der Waals surface area contributed by atoms with E-state index < -0.39 is 16.0 Å². The maximum atomic E-state index is 12.4. The Morgan fingerprint density at radius 3 is 2.57 bits per heavy atom. The summed E-state index contributed by atoms with van der Waals surface area (Å²) in [6.07, 6.45) is 3.93. The van der Waals surface area contributed by atoms with E-state index in [1.165, 1.54) is 36.4 Å². The molecule has 30 heavy (non-hydrogen) atoms. The number of piperidine rings is 1. The number of benzene rings is 1. The molecule has 1 atom stereocenters. The van der Waals surface area contributed by atoms with Crippen molar-refractivity contribution in [3.05, 3.63) is 46.3 Å². The number of hydrogen-bond donors (Lipinski definition) is 1. The second-order valence-electron chi connectivity index (χ2n) is 6.96. The van der Waals surface area contributed by atoms with Gasteiger partial charge in [0.15, 0.2) is 6.61 Å². The van der Waals surface area contributed by atoms with Gasteiger partial charge in [0.05, 0.1) is 9.90 Å². The van der Waals surface area contributed by atoms with Crippen LogP contribution in [-0.2, 0) is 19.6 Å². The summed E-state index contributed by atoms with van der Waals surface area (Å²) >= 11 is 6.74. The lowest BCUT2D eigenvalue weighted by atomic mass is 10.00. The van der Waals surface area contributed by atoms with Gasteiger partial charge < -0.3 is 9.64 Å². The molecule has 1 aromatic heterocycles. The first kappa shape index (κ1) is 22.6. The molecule has 0 saturated carbocycles. The number of esters is 1. The van der Waals surface area contributed by atoms with Crippen LogP contribution in [0.15, 0.2) is 40.6 Å². The Labute approximate surface area is 185 Å². The Balaban J connectivity index is 1.56. The van der Waals surface area contributed by atoms with E-state index in [-0.39, 0.29) is 28.3 Å². The number of hydrogen-bond acceptors (Lipinski definition) is 6. The fraction of sp³-hybridized carbons (Fsp3) is 0.400. The van der Waals surface area contributed by atoms with Crippen LogP contribution in [0.4, 0.5) is 5.69 Å². The predicted octanol–water partition coefficient (Wildman–Crippen LogP) is 4.15. The van der Waals surface area contributed by atoms with Crippen molar-refractivity contribution in [3.8, 4) is 0 Å². The highest BCUT2D eigenvalue weighted by Crippen LogP contribution is 2.27. The maximum absolute atomic E-state index is 12.4. The zero-order valence-corrected chi connectivity index (χ0v) is 18.9. The van der Waals surface area contributed by atoms with Crippen LogP contribution in [-0.4, -0.2) is 44.4 Å². The average molecular weight is 471 g/mol. The van der Waals surface area contributed by atoms with E-state index in [1.807, 2.05) is 6.92 Å². The van der Waals surface area contributed by atoms with Crippen LogP contribution in [0.1, 0.15) is 43.0 Å². The van der Waals surface area contributed by atoms with Gasteiger partial charge in [-0.25, -0.2) is 13.2 Å². The van der Waals surface area contributed by atoms with E-state index in [0.29, 0.717) is 16.6 Å². The minimum absolute atomic E-state index is 0.0950. The van der Waals surface area contributed by atoms with Crippen LogP contribution in [0.5, 0.6) is 0 Å². The third kappa shape index (κ3) is 5.53. The molecule has 1 unspecified atom stereocenters. The smallest absolute Gasteiger partial charge is 0.338 e. The number of halogens is 1. The number of nitrogens with zero attached hydrogens (tertiary/aromatic N) is 1. The topological polar surface area (TPSA) is 92.8 Å². The van der Waals surface area contributed by atoms with Crippen LogP contribution in [0, 0.1) is 0 Å². The van der Waals surface area contributed by atoms with Crippen LogP contribution in [0.2, 0.25) is 4.34 Å². The molecule has 10 heteroatoms. The third-order valence-electron chi connectivity index (χ3n) is 4.93. The van der Waals surface area contributed by atoms with E-state index in [4.69, 9.17) is 16.3 Å². The van der Waals surface area contributed by atoms with Gasteiger partial charge in [-0.3, -0.25) is 9.52 Å². The summed E-state index contributed by atoms with van der Waals surface area (Å²) in [5.41, 5.74) is 0.529. The molecular weight excluding hydrogens is 448 g/mol. The van der Waals surface area contributed by atoms with E-state index >= 15 is 0 Å². The highest BCUT2D eigenvalue weighted by molar-refractivity contribution is 7.94. The molecule has 162 valence electrons. The molecule has 1 aromatic carbocycles. The molecule has 1 amide bonds. The molecule has 1 aliphatic rings. The standard InChI is InChI=1S/C20H23ClN2O5S2/c1-2-16-5-3-4-12-23(16)18(24)13-28-20(25)14-6-8-15(9-7-14)22-30(26,27)19-11-10-17(21)29-19/h6-11,16,22H,2-5,12-13H2,1H3. The fourth-order valence-corrected chi connectivity index (χ4v) is 5.91. The highest BCUT2D eigenvalue weighted by atomic mass is 35.5. The number of carbonyl (C=O) groups is 2. The number of thiophene rings is 1. The van der Waals surface area contributed by atoms with Crippen molar-refractivity contribution in [2.45, 2.75) is 42.9 Å². The maximum Gasteiger partial charge on any atom is 0.338 e. The monoisotopic (exact) mass is 470 g/mol. The SMILES string of the molecule is CCC1CCCCN1C(=O)COC(=O)c1ccc(NS(=O)(=O)c2ccc(Cl)s2)cc1. The second kappa shape index (κ2) is 9.80. The van der Waals surface area contributed by atoms with Gasteiger partial charge in [-0.1, -0.05) is 18.5 Å². The van der Waals surface area contributed by atoms with Gasteiger partial charge in [0.1, 0.15) is 4.21 Å². The van der Waals surface area contributed by atoms with Gasteiger partial charge in [-0.2, -0.15) is 0 Å². The van der Waals surface area contributed by atoms with Crippen LogP contribution in [0.25, 0.3) is 0 Å². The molecular formula is C20H23ClN2O5S2. The van der Waals surface area contributed by atoms with E-state index in [1.54, 1.807) is 4.90 Å². The quantitative estimate of drug-likeness (QED) is 0.613. The van der Waals surface area contributed by atoms with Crippen LogP contribution in [0.3, 0.4) is 0 Å². The first-order valence-corrected chi connectivity index (χ1v) is 12.3. The predicted molar refractivity (Wildman–Crippen MR) is 117 cm³/mol. The van der Waals surface area contributed by atoms with Crippen molar-refractivity contribution < 1.29 is 22.7 Å². The summed E-state index contributed by atoms with van der Waals surface area (Å²) in [5.74, 6) is -0.818. The molecule has 3 rings (SSSR count). The number of amides is 1. The first-order valence-electron chi connectivity index (χ1n) is 9.65. The van der Waals surface area contributed by atoms with Gasteiger partial charge in [0.25, 0.3) is 15.9 Å². The van der Waals surface area contributed by atoms with Gasteiger partial charge in [-0.05, 0) is 62.1 Å². The van der Waals surface area contributed by atoms with E-state index in [0.717, 1.165) is 37.0 Å². The first-order chi connectivity index (χ1) is 14.3. The molecule has 0 spiro atoms. The largest absolute Gasteiger partial charge is 0.452 e. The zero-order valence-electron chi connectivity index (χ0n) is 16.5. The third-order valence-corrected chi connectivity index (χ3v) is 8.04. The molecule has 1 N–H and O–H groups in total. The number of carbonyl (C=O) groups excluding carboxylic acids is 2. The van der Waals surface area contributed by atoms with Crippen molar-refractivity contribution in [1.82, 2.24) is 4.90 Å². The summed E-state index contributed by atoms with van der Waals surface area (Å²) in [6, 6.07) is 8.95. The van der Waals surface area contributed by atoms with Gasteiger partial charge in [-0.15, -0.1) is 11.3 Å². The molecule has 1 fully saturated rings. The minimum atomic E-state index is -3.75. The summed E-state index contributed by atoms with van der Waals surface area (Å²) in [7, 11) is -3.75. The molecule has 7 nitrogen and oxygen atoms in total. The molecule has 2 aromatic rings. The lowest BCUT2D eigenvalue weighted by Crippen LogP contribution is -2.45. The van der Waals surface area contributed by atoms with Crippen molar-refractivity contribution in [2.24, 2.45) is 0 Å². The second-order valence-corrected chi connectivity index (χ2v) is 10.6. The molecule has 1 saturated heterocycles. The van der Waals surface area contributed by atoms with E-state index in [2.05, 4.69) is 4.72 Å². The average Bonchev–Trinajstić information content (AvgIpc) is 3.19. The summed E-state index contributed by atoms with van der Waals surface area (Å²) in [5, 5.41) is 0. The summed E-state index contributed by atoms with van der Waals surface area (Å²) < 4.78 is 32.7. The highest BCUT2D eigenvalue weighted by Gasteiger charge is 2.26. The van der Waals surface area contributed by atoms with Gasteiger partial charge in [0, 0.05) is 18.3 Å². The number of rotatable bonds is 7. The molecule has 0 aliphatic carbocycles. The summed E-state index contributed by atoms with van der Waals surface area (Å²) in [6.45, 7) is 2.44. The Kier molecular flexibility index (Phi) is 7.38. The minimum Gasteiger partial charge on any atom is -0.452 e. The number of ether oxygens (including phenoxy) is 1. The molecule has 1 aliphatic heterocycles. The number of nitrogens with one attached hydrogen (secondary N) is 1. The molecule has 0 radical (unpaired) electrons. The Bertz CT molecular complexity index is 1000. The number of anilines is 1. The van der Waals surface area contributed by atoms with E-state index in [9.17, 15) is 18.0 Å². The van der Waals surface area contributed by atoms with Crippen molar-refractivity contribution in [3.63, 3.8) is 0 Å². The van der Waals surface area contributed by atoms with Crippen LogP contribution < -0.4 is 4.72 Å². The lowest BCUT2D eigenvalue weighted by molar-refractivity contribution is -0.138. The Morgan fingerprint density at radius 2 is 1.93 bits per heavy atom. The van der Waals surface area contributed by atoms with Crippen molar-refractivity contribution in [2.75, 3.05) is 17.9 Å². The molecule has 0 bridgehead atoms. The summed E-state index contributed by atoms with van der Waals surface area (Å²) in [4.78, 5) is 26.5. The number of sulfonamides is 1. The number of likely N-dealkylation sites (tertiary alicyclic amines) is 1. The van der Waals surface area contributed by atoms with Gasteiger partial charge >= 0.3 is 5.97 Å². The Morgan fingerprint density at radius 1 is 1.20 bits per heavy atom. The van der Waals surface area contributed by atoms with Crippen molar-refractivity contribution >= 4 is 50.5 Å². The van der Waals surface area contributed by atoms with Gasteiger partial charge in [0.2, 0.25) is 0 Å². The van der Waals surface area contributed by atoms with Crippen LogP contribution >= 0.6 is 22.9 Å².